The van der Waals surface area contributed by atoms with Crippen molar-refractivity contribution in [3.8, 4) is 5.75 Å². The highest BCUT2D eigenvalue weighted by Crippen LogP contribution is 2.51. The van der Waals surface area contributed by atoms with E-state index in [1.54, 1.807) is 36.4 Å². The zero-order valence-electron chi connectivity index (χ0n) is 17.1. The van der Waals surface area contributed by atoms with Crippen molar-refractivity contribution in [3.05, 3.63) is 114 Å². The van der Waals surface area contributed by atoms with Gasteiger partial charge in [-0.15, -0.1) is 0 Å². The van der Waals surface area contributed by atoms with Crippen LogP contribution in [0.4, 0.5) is 0 Å². The summed E-state index contributed by atoms with van der Waals surface area (Å²) in [7, 11) is 0. The summed E-state index contributed by atoms with van der Waals surface area (Å²) in [5.41, 5.74) is 1.40. The lowest BCUT2D eigenvalue weighted by molar-refractivity contribution is -0.147. The van der Waals surface area contributed by atoms with Crippen molar-refractivity contribution in [2.24, 2.45) is 0 Å². The Kier molecular flexibility index (Phi) is 6.91. The van der Waals surface area contributed by atoms with Crippen molar-refractivity contribution in [2.75, 3.05) is 0 Å². The molecule has 4 rings (SSSR count). The van der Waals surface area contributed by atoms with Gasteiger partial charge >= 0.3 is 12.8 Å². The van der Waals surface area contributed by atoms with E-state index >= 15 is 0 Å². The van der Waals surface area contributed by atoms with Crippen LogP contribution in [0.3, 0.4) is 0 Å². The van der Waals surface area contributed by atoms with E-state index in [2.05, 4.69) is 5.09 Å². The Hall–Kier alpha value is -3.11. The second-order valence-corrected chi connectivity index (χ2v) is 9.85. The fourth-order valence-corrected chi connectivity index (χ4v) is 4.85. The lowest BCUT2D eigenvalue weighted by Crippen LogP contribution is -2.28. The first-order valence-electron chi connectivity index (χ1n) is 10.0. The Morgan fingerprint density at radius 1 is 0.844 bits per heavy atom. The molecule has 0 saturated carbocycles. The zero-order valence-corrected chi connectivity index (χ0v) is 18.7. The van der Waals surface area contributed by atoms with Crippen molar-refractivity contribution in [1.82, 2.24) is 5.09 Å². The van der Waals surface area contributed by atoms with E-state index in [9.17, 15) is 9.36 Å². The smallest absolute Gasteiger partial charge is 0.410 e. The zero-order chi connectivity index (χ0) is 22.4. The molecule has 162 valence electrons. The molecule has 0 aliphatic rings. The second-order valence-electron chi connectivity index (χ2n) is 7.11. The van der Waals surface area contributed by atoms with Crippen LogP contribution in [0.2, 0.25) is 0 Å². The molecule has 1 unspecified atom stereocenters. The molecule has 4 aromatic carbocycles. The molecule has 32 heavy (non-hydrogen) atoms. The molecule has 0 fully saturated rings. The highest BCUT2D eigenvalue weighted by Gasteiger charge is 2.32. The van der Waals surface area contributed by atoms with Crippen LogP contribution >= 0.6 is 18.1 Å². The van der Waals surface area contributed by atoms with Gasteiger partial charge in [0.25, 0.3) is 0 Å². The SMILES string of the molecule is O=C(OCc1ccccc1)[C@@H](NP(=O)(Cl)Oc1cccc2ccccc12)c1ccccc1. The molecule has 5 nitrogen and oxygen atoms in total. The van der Waals surface area contributed by atoms with Crippen molar-refractivity contribution >= 4 is 34.9 Å². The molecule has 0 amide bonds. The van der Waals surface area contributed by atoms with Crippen LogP contribution in [0.1, 0.15) is 17.2 Å². The number of nitrogens with one attached hydrogen (secondary N) is 1. The van der Waals surface area contributed by atoms with Crippen molar-refractivity contribution in [2.45, 2.75) is 12.6 Å². The third kappa shape index (κ3) is 5.57. The van der Waals surface area contributed by atoms with Gasteiger partial charge in [-0.1, -0.05) is 97.1 Å². The molecule has 0 aliphatic heterocycles. The van der Waals surface area contributed by atoms with Crippen molar-refractivity contribution in [3.63, 3.8) is 0 Å². The van der Waals surface area contributed by atoms with Crippen LogP contribution in [0, 0.1) is 0 Å². The van der Waals surface area contributed by atoms with Crippen LogP contribution < -0.4 is 9.61 Å². The fraction of sp³-hybridized carbons (Fsp3) is 0.0800. The standard InChI is InChI=1S/C25H21ClNO4P/c26-32(29,31-23-17-9-15-20-12-7-8-16-22(20)23)27-24(21-13-5-2-6-14-21)25(28)30-18-19-10-3-1-4-11-19/h1-17,24H,18H2,(H,27,29)/t24-,32?/m0/s1. The van der Waals surface area contributed by atoms with Crippen LogP contribution in [-0.2, 0) is 20.7 Å². The van der Waals surface area contributed by atoms with E-state index in [0.29, 0.717) is 11.3 Å². The summed E-state index contributed by atoms with van der Waals surface area (Å²) in [5.74, 6) is -0.249. The molecule has 0 heterocycles. The first kappa shape index (κ1) is 22.1. The first-order chi connectivity index (χ1) is 15.5. The number of esters is 1. The predicted molar refractivity (Wildman–Crippen MR) is 127 cm³/mol. The maximum Gasteiger partial charge on any atom is 0.410 e. The maximum atomic E-state index is 13.2. The van der Waals surface area contributed by atoms with Gasteiger partial charge in [0.15, 0.2) is 0 Å². The normalized spacial score (nSPS) is 13.8. The summed E-state index contributed by atoms with van der Waals surface area (Å²) < 4.78 is 24.4. The van der Waals surface area contributed by atoms with Gasteiger partial charge in [0.05, 0.1) is 0 Å². The summed E-state index contributed by atoms with van der Waals surface area (Å²) in [4.78, 5) is 12.9. The van der Waals surface area contributed by atoms with E-state index in [0.717, 1.165) is 16.3 Å². The van der Waals surface area contributed by atoms with Gasteiger partial charge in [-0.05, 0) is 22.6 Å². The monoisotopic (exact) mass is 465 g/mol. The highest BCUT2D eigenvalue weighted by atomic mass is 35.7. The minimum Gasteiger partial charge on any atom is -0.459 e. The molecule has 0 radical (unpaired) electrons. The van der Waals surface area contributed by atoms with Gasteiger partial charge in [-0.3, -0.25) is 0 Å². The van der Waals surface area contributed by atoms with E-state index in [-0.39, 0.29) is 6.61 Å². The summed E-state index contributed by atoms with van der Waals surface area (Å²) in [6.07, 6.45) is 0. The number of fused-ring (bicyclic) bond motifs is 1. The maximum absolute atomic E-state index is 13.2. The third-order valence-corrected chi connectivity index (χ3v) is 6.34. The lowest BCUT2D eigenvalue weighted by Gasteiger charge is -2.22. The minimum atomic E-state index is -3.97. The summed E-state index contributed by atoms with van der Waals surface area (Å²) >= 11 is 6.29. The minimum absolute atomic E-state index is 0.0848. The molecule has 1 N–H and O–H groups in total. The Bertz CT molecular complexity index is 1250. The van der Waals surface area contributed by atoms with E-state index in [1.807, 2.05) is 66.7 Å². The quantitative estimate of drug-likeness (QED) is 0.233. The summed E-state index contributed by atoms with van der Waals surface area (Å²) in [6.45, 7) is -3.88. The molecule has 2 atom stereocenters. The van der Waals surface area contributed by atoms with Gasteiger partial charge < -0.3 is 9.26 Å². The van der Waals surface area contributed by atoms with Crippen molar-refractivity contribution in [1.29, 1.82) is 0 Å². The van der Waals surface area contributed by atoms with Gasteiger partial charge in [-0.25, -0.2) is 14.4 Å². The number of hydrogen-bond donors (Lipinski definition) is 1. The molecule has 0 saturated heterocycles. The number of carbonyl (C=O) groups excluding carboxylic acids is 1. The average molecular weight is 466 g/mol. The highest BCUT2D eigenvalue weighted by molar-refractivity contribution is 7.84. The third-order valence-electron chi connectivity index (χ3n) is 4.84. The predicted octanol–water partition coefficient (Wildman–Crippen LogP) is 6.64. The van der Waals surface area contributed by atoms with Crippen molar-refractivity contribution < 1.29 is 18.6 Å². The molecule has 0 bridgehead atoms. The van der Waals surface area contributed by atoms with E-state index < -0.39 is 18.9 Å². The Labute approximate surface area is 191 Å². The molecular weight excluding hydrogens is 445 g/mol. The fourth-order valence-electron chi connectivity index (χ4n) is 3.30. The van der Waals surface area contributed by atoms with Crippen LogP contribution in [0.5, 0.6) is 5.75 Å². The van der Waals surface area contributed by atoms with Gasteiger partial charge in [0.2, 0.25) is 0 Å². The molecule has 0 aliphatic carbocycles. The number of carbonyl (C=O) groups is 1. The van der Waals surface area contributed by atoms with Gasteiger partial charge in [-0.2, -0.15) is 0 Å². The Morgan fingerprint density at radius 3 is 2.22 bits per heavy atom. The summed E-state index contributed by atoms with van der Waals surface area (Å²) in [6, 6.07) is 30.0. The number of ether oxygens (including phenoxy) is 1. The van der Waals surface area contributed by atoms with Crippen LogP contribution in [-0.4, -0.2) is 5.97 Å². The molecule has 0 aromatic heterocycles. The molecule has 7 heteroatoms. The molecule has 0 spiro atoms. The number of benzene rings is 4. The Balaban J connectivity index is 1.55. The van der Waals surface area contributed by atoms with Gasteiger partial charge in [0.1, 0.15) is 18.4 Å². The van der Waals surface area contributed by atoms with E-state index in [4.69, 9.17) is 20.5 Å². The Morgan fingerprint density at radius 2 is 1.47 bits per heavy atom. The van der Waals surface area contributed by atoms with E-state index in [1.165, 1.54) is 0 Å². The topological polar surface area (TPSA) is 64.6 Å². The summed E-state index contributed by atoms with van der Waals surface area (Å²) in [5, 5.41) is 4.37. The lowest BCUT2D eigenvalue weighted by atomic mass is 10.1. The number of hydrogen-bond acceptors (Lipinski definition) is 4. The van der Waals surface area contributed by atoms with Crippen LogP contribution in [0.25, 0.3) is 10.8 Å². The van der Waals surface area contributed by atoms with Crippen LogP contribution in [0.15, 0.2) is 103 Å². The average Bonchev–Trinajstić information content (AvgIpc) is 2.82. The number of halogens is 1. The molecular formula is C25H21ClNO4P. The van der Waals surface area contributed by atoms with Gasteiger partial charge in [0, 0.05) is 16.6 Å². The molecule has 4 aromatic rings. The number of rotatable bonds is 8. The second kappa shape index (κ2) is 10.0. The first-order valence-corrected chi connectivity index (χ1v) is 12.6. The largest absolute Gasteiger partial charge is 0.459 e.